The summed E-state index contributed by atoms with van der Waals surface area (Å²) in [7, 11) is 0. The van der Waals surface area contributed by atoms with Gasteiger partial charge in [0, 0.05) is 7.14 Å². The van der Waals surface area contributed by atoms with Crippen LogP contribution in [-0.2, 0) is 9.59 Å². The molecule has 3 rings (SSSR count). The van der Waals surface area contributed by atoms with Crippen LogP contribution in [0.2, 0.25) is 0 Å². The van der Waals surface area contributed by atoms with Gasteiger partial charge in [-0.1, -0.05) is 36.4 Å². The van der Waals surface area contributed by atoms with Crippen molar-refractivity contribution in [3.05, 3.63) is 91.1 Å². The fraction of sp³-hybridized carbons (Fsp3) is 0.0417. The van der Waals surface area contributed by atoms with E-state index in [4.69, 9.17) is 4.74 Å². The standard InChI is InChI=1S/C24H17I2N3O3/c25-19-5-1-3-7-21(19)28-23(30)15-32-18-11-9-16(10-12-18)13-17(14-27)24(31)29-22-8-4-2-6-20(22)26/h1-13H,15H2,(H,28,30)(H,29,31)/b17-13-. The minimum absolute atomic E-state index is 0.0184. The van der Waals surface area contributed by atoms with Gasteiger partial charge in [-0.05, 0) is 93.2 Å². The molecule has 0 aromatic heterocycles. The third-order valence-electron chi connectivity index (χ3n) is 4.20. The van der Waals surface area contributed by atoms with E-state index in [-0.39, 0.29) is 18.1 Å². The smallest absolute Gasteiger partial charge is 0.266 e. The molecule has 0 atom stereocenters. The summed E-state index contributed by atoms with van der Waals surface area (Å²) in [6.45, 7) is -0.137. The largest absolute Gasteiger partial charge is 0.484 e. The SMILES string of the molecule is N#C/C(=C/c1ccc(OCC(=O)Nc2ccccc2I)cc1)C(=O)Nc1ccccc1I. The molecule has 160 valence electrons. The fourth-order valence-electron chi connectivity index (χ4n) is 2.63. The number of benzene rings is 3. The molecule has 0 saturated heterocycles. The Morgan fingerprint density at radius 1 is 0.875 bits per heavy atom. The number of carbonyl (C=O) groups is 2. The van der Waals surface area contributed by atoms with Crippen LogP contribution in [-0.4, -0.2) is 18.4 Å². The third kappa shape index (κ3) is 6.80. The van der Waals surface area contributed by atoms with Crippen molar-refractivity contribution in [3.8, 4) is 11.8 Å². The van der Waals surface area contributed by atoms with Crippen LogP contribution in [0.25, 0.3) is 6.08 Å². The zero-order chi connectivity index (χ0) is 22.9. The first kappa shape index (κ1) is 23.7. The Hall–Kier alpha value is -2.91. The van der Waals surface area contributed by atoms with E-state index in [1.54, 1.807) is 30.3 Å². The van der Waals surface area contributed by atoms with Crippen molar-refractivity contribution in [2.75, 3.05) is 17.2 Å². The Balaban J connectivity index is 1.59. The van der Waals surface area contributed by atoms with Crippen molar-refractivity contribution in [3.63, 3.8) is 0 Å². The molecule has 0 spiro atoms. The predicted octanol–water partition coefficient (Wildman–Crippen LogP) is 5.46. The summed E-state index contributed by atoms with van der Waals surface area (Å²) in [5, 5.41) is 14.9. The lowest BCUT2D eigenvalue weighted by Crippen LogP contribution is -2.20. The normalized spacial score (nSPS) is 10.7. The number of ether oxygens (including phenoxy) is 1. The molecule has 0 aliphatic carbocycles. The number of nitrogens with zero attached hydrogens (tertiary/aromatic N) is 1. The molecule has 3 aromatic carbocycles. The number of anilines is 2. The van der Waals surface area contributed by atoms with Gasteiger partial charge in [-0.15, -0.1) is 0 Å². The van der Waals surface area contributed by atoms with Crippen LogP contribution in [0.15, 0.2) is 78.4 Å². The van der Waals surface area contributed by atoms with Gasteiger partial charge in [0.25, 0.3) is 11.8 Å². The van der Waals surface area contributed by atoms with Crippen molar-refractivity contribution in [1.82, 2.24) is 0 Å². The van der Waals surface area contributed by atoms with Gasteiger partial charge in [-0.25, -0.2) is 0 Å². The van der Waals surface area contributed by atoms with E-state index in [1.165, 1.54) is 6.08 Å². The average Bonchev–Trinajstić information content (AvgIpc) is 2.80. The molecular formula is C24H17I2N3O3. The van der Waals surface area contributed by atoms with Crippen LogP contribution in [0, 0.1) is 18.5 Å². The first-order chi connectivity index (χ1) is 15.5. The maximum Gasteiger partial charge on any atom is 0.266 e. The quantitative estimate of drug-likeness (QED) is 0.202. The van der Waals surface area contributed by atoms with Gasteiger partial charge >= 0.3 is 0 Å². The maximum absolute atomic E-state index is 12.4. The second-order valence-electron chi connectivity index (χ2n) is 6.49. The van der Waals surface area contributed by atoms with E-state index >= 15 is 0 Å². The number of carbonyl (C=O) groups excluding carboxylic acids is 2. The van der Waals surface area contributed by atoms with Crippen molar-refractivity contribution < 1.29 is 14.3 Å². The predicted molar refractivity (Wildman–Crippen MR) is 141 cm³/mol. The van der Waals surface area contributed by atoms with E-state index in [0.717, 1.165) is 12.8 Å². The molecule has 0 radical (unpaired) electrons. The highest BCUT2D eigenvalue weighted by Gasteiger charge is 2.11. The number of hydrogen-bond acceptors (Lipinski definition) is 4. The summed E-state index contributed by atoms with van der Waals surface area (Å²) in [6, 6.07) is 23.5. The van der Waals surface area contributed by atoms with E-state index in [0.29, 0.717) is 17.0 Å². The van der Waals surface area contributed by atoms with Crippen LogP contribution in [0.3, 0.4) is 0 Å². The summed E-state index contributed by atoms with van der Waals surface area (Å²) in [5.74, 6) is -0.247. The molecule has 0 aliphatic heterocycles. The first-order valence-corrected chi connectivity index (χ1v) is 11.6. The molecule has 0 fully saturated rings. The van der Waals surface area contributed by atoms with Crippen LogP contribution in [0.5, 0.6) is 5.75 Å². The van der Waals surface area contributed by atoms with Crippen LogP contribution >= 0.6 is 45.2 Å². The highest BCUT2D eigenvalue weighted by atomic mass is 127. The second kappa shape index (κ2) is 11.6. The molecule has 0 bridgehead atoms. The lowest BCUT2D eigenvalue weighted by atomic mass is 10.1. The topological polar surface area (TPSA) is 91.2 Å². The molecule has 2 N–H and O–H groups in total. The van der Waals surface area contributed by atoms with Crippen molar-refractivity contribution in [2.24, 2.45) is 0 Å². The molecule has 32 heavy (non-hydrogen) atoms. The molecule has 0 heterocycles. The number of rotatable bonds is 7. The summed E-state index contributed by atoms with van der Waals surface area (Å²) in [6.07, 6.45) is 1.50. The van der Waals surface area contributed by atoms with E-state index in [9.17, 15) is 14.9 Å². The number of halogens is 2. The Morgan fingerprint density at radius 2 is 1.44 bits per heavy atom. The number of nitriles is 1. The van der Waals surface area contributed by atoms with Crippen molar-refractivity contribution >= 4 is 74.4 Å². The number of hydrogen-bond donors (Lipinski definition) is 2. The second-order valence-corrected chi connectivity index (χ2v) is 8.81. The zero-order valence-electron chi connectivity index (χ0n) is 16.6. The summed E-state index contributed by atoms with van der Waals surface area (Å²) in [4.78, 5) is 24.6. The lowest BCUT2D eigenvalue weighted by molar-refractivity contribution is -0.118. The Bertz CT molecular complexity index is 1200. The Kier molecular flexibility index (Phi) is 8.64. The van der Waals surface area contributed by atoms with E-state index in [1.807, 2.05) is 48.5 Å². The molecular weight excluding hydrogens is 632 g/mol. The number of amides is 2. The van der Waals surface area contributed by atoms with Crippen LogP contribution in [0.1, 0.15) is 5.56 Å². The lowest BCUT2D eigenvalue weighted by Gasteiger charge is -2.09. The monoisotopic (exact) mass is 649 g/mol. The molecule has 3 aromatic rings. The molecule has 0 aliphatic rings. The number of para-hydroxylation sites is 2. The van der Waals surface area contributed by atoms with Gasteiger partial charge in [-0.3, -0.25) is 9.59 Å². The average molecular weight is 649 g/mol. The molecule has 6 nitrogen and oxygen atoms in total. The van der Waals surface area contributed by atoms with Gasteiger partial charge in [0.2, 0.25) is 0 Å². The third-order valence-corrected chi connectivity index (χ3v) is 6.08. The summed E-state index contributed by atoms with van der Waals surface area (Å²) < 4.78 is 7.34. The summed E-state index contributed by atoms with van der Waals surface area (Å²) in [5.41, 5.74) is 2.02. The maximum atomic E-state index is 12.4. The highest BCUT2D eigenvalue weighted by Crippen LogP contribution is 2.20. The Morgan fingerprint density at radius 3 is 2.00 bits per heavy atom. The fourth-order valence-corrected chi connectivity index (χ4v) is 3.67. The van der Waals surface area contributed by atoms with Gasteiger partial charge < -0.3 is 15.4 Å². The van der Waals surface area contributed by atoms with E-state index < -0.39 is 5.91 Å². The summed E-state index contributed by atoms with van der Waals surface area (Å²) >= 11 is 4.27. The van der Waals surface area contributed by atoms with Gasteiger partial charge in [-0.2, -0.15) is 5.26 Å². The van der Waals surface area contributed by atoms with Crippen LogP contribution in [0.4, 0.5) is 11.4 Å². The van der Waals surface area contributed by atoms with Crippen LogP contribution < -0.4 is 15.4 Å². The first-order valence-electron chi connectivity index (χ1n) is 9.41. The molecule has 8 heteroatoms. The molecule has 2 amide bonds. The minimum atomic E-state index is -0.482. The zero-order valence-corrected chi connectivity index (χ0v) is 21.0. The van der Waals surface area contributed by atoms with Gasteiger partial charge in [0.05, 0.1) is 11.4 Å². The van der Waals surface area contributed by atoms with E-state index in [2.05, 4.69) is 55.8 Å². The molecule has 0 saturated carbocycles. The molecule has 0 unspecified atom stereocenters. The number of nitrogens with one attached hydrogen (secondary N) is 2. The Labute approximate surface area is 212 Å². The van der Waals surface area contributed by atoms with Crippen molar-refractivity contribution in [2.45, 2.75) is 0 Å². The minimum Gasteiger partial charge on any atom is -0.484 e. The van der Waals surface area contributed by atoms with Gasteiger partial charge in [0.15, 0.2) is 6.61 Å². The van der Waals surface area contributed by atoms with Gasteiger partial charge in [0.1, 0.15) is 17.4 Å². The van der Waals surface area contributed by atoms with Crippen molar-refractivity contribution in [1.29, 1.82) is 5.26 Å². The highest BCUT2D eigenvalue weighted by molar-refractivity contribution is 14.1.